The lowest BCUT2D eigenvalue weighted by atomic mass is 9.84. The molecule has 0 aliphatic carbocycles. The van der Waals surface area contributed by atoms with E-state index in [1.807, 2.05) is 0 Å². The molecule has 1 aromatic heterocycles. The zero-order valence-corrected chi connectivity index (χ0v) is 14.1. The Labute approximate surface area is 139 Å². The maximum atomic E-state index is 12.5. The van der Waals surface area contributed by atoms with Crippen LogP contribution >= 0.6 is 0 Å². The molecule has 0 saturated heterocycles. The molecule has 0 aliphatic heterocycles. The predicted molar refractivity (Wildman–Crippen MR) is 82.4 cm³/mol. The second-order valence-corrected chi connectivity index (χ2v) is 4.75. The van der Waals surface area contributed by atoms with Crippen molar-refractivity contribution in [3.8, 4) is 0 Å². The first-order valence-corrected chi connectivity index (χ1v) is 7.58. The van der Waals surface area contributed by atoms with Crippen LogP contribution in [0.2, 0.25) is 0 Å². The Morgan fingerprint density at radius 2 is 1.29 bits per heavy atom. The van der Waals surface area contributed by atoms with Gasteiger partial charge < -0.3 is 19.2 Å². The SMILES string of the molecule is CCOC(=O)C(C(=O)OCC)(C(=O)OCC)c1ccc(C(C)=O)[nH]1. The van der Waals surface area contributed by atoms with E-state index in [-0.39, 0.29) is 37.0 Å². The zero-order valence-electron chi connectivity index (χ0n) is 14.1. The van der Waals surface area contributed by atoms with E-state index >= 15 is 0 Å². The van der Waals surface area contributed by atoms with Gasteiger partial charge in [-0.25, -0.2) is 14.4 Å². The number of esters is 3. The minimum atomic E-state index is -2.46. The first-order valence-electron chi connectivity index (χ1n) is 7.58. The molecule has 1 rings (SSSR count). The van der Waals surface area contributed by atoms with Crippen molar-refractivity contribution in [2.24, 2.45) is 0 Å². The number of Topliss-reactive ketones (excluding diaryl/α,β-unsaturated/α-hetero) is 1. The fourth-order valence-corrected chi connectivity index (χ4v) is 2.12. The molecule has 0 atom stereocenters. The summed E-state index contributed by atoms with van der Waals surface area (Å²) in [6.07, 6.45) is 0. The molecule has 8 nitrogen and oxygen atoms in total. The van der Waals surface area contributed by atoms with Crippen LogP contribution in [0, 0.1) is 0 Å². The summed E-state index contributed by atoms with van der Waals surface area (Å²) in [5.74, 6) is -3.71. The smallest absolute Gasteiger partial charge is 0.341 e. The van der Waals surface area contributed by atoms with E-state index in [4.69, 9.17) is 14.2 Å². The van der Waals surface area contributed by atoms with Crippen molar-refractivity contribution in [3.05, 3.63) is 23.5 Å². The number of carbonyl (C=O) groups excluding carboxylic acids is 4. The molecular formula is C16H21NO7. The Balaban J connectivity index is 3.59. The average Bonchev–Trinajstić information content (AvgIpc) is 2.99. The highest BCUT2D eigenvalue weighted by Crippen LogP contribution is 2.30. The van der Waals surface area contributed by atoms with Gasteiger partial charge in [0.1, 0.15) is 0 Å². The molecule has 132 valence electrons. The van der Waals surface area contributed by atoms with Gasteiger partial charge in [-0.05, 0) is 32.9 Å². The van der Waals surface area contributed by atoms with Gasteiger partial charge in [-0.1, -0.05) is 0 Å². The second-order valence-electron chi connectivity index (χ2n) is 4.75. The first kappa shape index (κ1) is 19.4. The van der Waals surface area contributed by atoms with Gasteiger partial charge in [-0.15, -0.1) is 0 Å². The standard InChI is InChI=1S/C16H21NO7/c1-5-22-13(19)16(14(20)23-6-2,15(21)24-7-3)12-9-8-11(17-12)10(4)18/h8-9,17H,5-7H2,1-4H3. The molecule has 1 aromatic rings. The number of rotatable bonds is 8. The summed E-state index contributed by atoms with van der Waals surface area (Å²) in [5, 5.41) is 0. The number of nitrogens with one attached hydrogen (secondary N) is 1. The number of hydrogen-bond acceptors (Lipinski definition) is 7. The normalized spacial score (nSPS) is 10.8. The van der Waals surface area contributed by atoms with Gasteiger partial charge in [0.25, 0.3) is 5.41 Å². The fourth-order valence-electron chi connectivity index (χ4n) is 2.12. The molecule has 1 heterocycles. The van der Waals surface area contributed by atoms with Gasteiger partial charge in [-0.2, -0.15) is 0 Å². The minimum absolute atomic E-state index is 0.0559. The van der Waals surface area contributed by atoms with Gasteiger partial charge >= 0.3 is 17.9 Å². The summed E-state index contributed by atoms with van der Waals surface area (Å²) in [7, 11) is 0. The topological polar surface area (TPSA) is 112 Å². The van der Waals surface area contributed by atoms with Crippen LogP contribution in [0.15, 0.2) is 12.1 Å². The highest BCUT2D eigenvalue weighted by Gasteiger charge is 2.60. The Kier molecular flexibility index (Phi) is 6.69. The van der Waals surface area contributed by atoms with Crippen LogP contribution < -0.4 is 0 Å². The quantitative estimate of drug-likeness (QED) is 0.327. The van der Waals surface area contributed by atoms with E-state index in [1.54, 1.807) is 0 Å². The molecule has 0 radical (unpaired) electrons. The number of hydrogen-bond donors (Lipinski definition) is 1. The van der Waals surface area contributed by atoms with Gasteiger partial charge in [-0.3, -0.25) is 4.79 Å². The van der Waals surface area contributed by atoms with Crippen LogP contribution in [0.25, 0.3) is 0 Å². The summed E-state index contributed by atoms with van der Waals surface area (Å²) in [6, 6.07) is 2.66. The third kappa shape index (κ3) is 3.47. The molecule has 0 bridgehead atoms. The summed E-state index contributed by atoms with van der Waals surface area (Å²) in [6.45, 7) is 5.74. The number of ketones is 1. The largest absolute Gasteiger partial charge is 0.464 e. The minimum Gasteiger partial charge on any atom is -0.464 e. The third-order valence-electron chi connectivity index (χ3n) is 3.21. The van der Waals surface area contributed by atoms with E-state index in [1.165, 1.54) is 39.8 Å². The van der Waals surface area contributed by atoms with Gasteiger partial charge in [0, 0.05) is 6.92 Å². The van der Waals surface area contributed by atoms with E-state index < -0.39 is 23.3 Å². The molecule has 24 heavy (non-hydrogen) atoms. The molecule has 0 spiro atoms. The maximum absolute atomic E-state index is 12.5. The molecule has 0 saturated carbocycles. The number of aromatic amines is 1. The van der Waals surface area contributed by atoms with E-state index in [9.17, 15) is 19.2 Å². The lowest BCUT2D eigenvalue weighted by Crippen LogP contribution is -2.53. The summed E-state index contributed by atoms with van der Waals surface area (Å²) >= 11 is 0. The van der Waals surface area contributed by atoms with Crippen LogP contribution in [0.4, 0.5) is 0 Å². The van der Waals surface area contributed by atoms with Crippen LogP contribution in [0.5, 0.6) is 0 Å². The fraction of sp³-hybridized carbons (Fsp3) is 0.500. The summed E-state index contributed by atoms with van der Waals surface area (Å²) in [5.41, 5.74) is -2.47. The van der Waals surface area contributed by atoms with Crippen LogP contribution in [-0.4, -0.2) is 48.5 Å². The molecule has 0 fully saturated rings. The Bertz CT molecular complexity index is 587. The van der Waals surface area contributed by atoms with E-state index in [2.05, 4.69) is 4.98 Å². The lowest BCUT2D eigenvalue weighted by Gasteiger charge is -2.26. The first-order chi connectivity index (χ1) is 11.4. The summed E-state index contributed by atoms with van der Waals surface area (Å²) in [4.78, 5) is 51.8. The second kappa shape index (κ2) is 8.28. The van der Waals surface area contributed by atoms with Crippen molar-refractivity contribution in [3.63, 3.8) is 0 Å². The van der Waals surface area contributed by atoms with Crippen molar-refractivity contribution < 1.29 is 33.4 Å². The van der Waals surface area contributed by atoms with Crippen molar-refractivity contribution >= 4 is 23.7 Å². The molecule has 1 N–H and O–H groups in total. The molecular weight excluding hydrogens is 318 g/mol. The Morgan fingerprint density at radius 3 is 1.58 bits per heavy atom. The monoisotopic (exact) mass is 339 g/mol. The Morgan fingerprint density at radius 1 is 0.875 bits per heavy atom. The summed E-state index contributed by atoms with van der Waals surface area (Å²) < 4.78 is 14.8. The average molecular weight is 339 g/mol. The van der Waals surface area contributed by atoms with Crippen LogP contribution in [0.3, 0.4) is 0 Å². The number of H-pyrrole nitrogens is 1. The predicted octanol–water partition coefficient (Wildman–Crippen LogP) is 1.14. The molecule has 0 aromatic carbocycles. The van der Waals surface area contributed by atoms with E-state index in [0.29, 0.717) is 0 Å². The lowest BCUT2D eigenvalue weighted by molar-refractivity contribution is -0.175. The number of aromatic nitrogens is 1. The molecule has 0 aliphatic rings. The zero-order chi connectivity index (χ0) is 18.3. The highest BCUT2D eigenvalue weighted by atomic mass is 16.6. The van der Waals surface area contributed by atoms with Crippen molar-refractivity contribution in [1.82, 2.24) is 4.98 Å². The highest BCUT2D eigenvalue weighted by molar-refractivity contribution is 6.23. The Hall–Kier alpha value is -2.64. The van der Waals surface area contributed by atoms with Gasteiger partial charge in [0.05, 0.1) is 31.2 Å². The molecule has 0 amide bonds. The van der Waals surface area contributed by atoms with Crippen molar-refractivity contribution in [2.75, 3.05) is 19.8 Å². The maximum Gasteiger partial charge on any atom is 0.341 e. The van der Waals surface area contributed by atoms with E-state index in [0.717, 1.165) is 0 Å². The molecule has 8 heteroatoms. The van der Waals surface area contributed by atoms with Crippen molar-refractivity contribution in [1.29, 1.82) is 0 Å². The van der Waals surface area contributed by atoms with Gasteiger partial charge in [0.2, 0.25) is 0 Å². The number of ether oxygens (including phenoxy) is 3. The number of carbonyl (C=O) groups is 4. The van der Waals surface area contributed by atoms with Gasteiger partial charge in [0.15, 0.2) is 5.78 Å². The molecule has 0 unspecified atom stereocenters. The third-order valence-corrected chi connectivity index (χ3v) is 3.21. The van der Waals surface area contributed by atoms with Crippen LogP contribution in [0.1, 0.15) is 43.9 Å². The van der Waals surface area contributed by atoms with Crippen molar-refractivity contribution in [2.45, 2.75) is 33.1 Å². The van der Waals surface area contributed by atoms with Crippen LogP contribution in [-0.2, 0) is 34.0 Å².